The fourth-order valence-electron chi connectivity index (χ4n) is 4.55. The molecule has 0 bridgehead atoms. The second-order valence-electron chi connectivity index (χ2n) is 8.68. The number of anilines is 1. The third-order valence-corrected chi connectivity index (χ3v) is 6.46. The first-order valence-electron chi connectivity index (χ1n) is 12.1. The summed E-state index contributed by atoms with van der Waals surface area (Å²) in [6.07, 6.45) is 0. The number of piperazine rings is 1. The molecule has 6 rings (SSSR count). The van der Waals surface area contributed by atoms with Crippen LogP contribution in [-0.4, -0.2) is 60.6 Å². The number of nitrogens with zero attached hydrogens (tertiary/aromatic N) is 4. The van der Waals surface area contributed by atoms with E-state index in [9.17, 15) is 9.59 Å². The highest BCUT2D eigenvalue weighted by Gasteiger charge is 2.26. The molecular weight excluding hydrogens is 476 g/mol. The zero-order valence-corrected chi connectivity index (χ0v) is 20.2. The molecule has 37 heavy (non-hydrogen) atoms. The summed E-state index contributed by atoms with van der Waals surface area (Å²) in [6.45, 7) is 4.54. The van der Waals surface area contributed by atoms with Gasteiger partial charge in [-0.2, -0.15) is 0 Å². The molecule has 188 valence electrons. The molecule has 0 unspecified atom stereocenters. The summed E-state index contributed by atoms with van der Waals surface area (Å²) in [5, 5.41) is 9.42. The first kappa shape index (κ1) is 22.8. The number of ether oxygens (including phenoxy) is 3. The van der Waals surface area contributed by atoms with Gasteiger partial charge in [0.15, 0.2) is 28.6 Å². The Bertz CT molecular complexity index is 1530. The molecule has 1 fully saturated rings. The van der Waals surface area contributed by atoms with E-state index in [1.165, 1.54) is 0 Å². The minimum absolute atomic E-state index is 0.0162. The summed E-state index contributed by atoms with van der Waals surface area (Å²) < 4.78 is 21.8. The summed E-state index contributed by atoms with van der Waals surface area (Å²) in [5.41, 5.74) is 1.31. The van der Waals surface area contributed by atoms with E-state index in [0.29, 0.717) is 55.3 Å². The molecule has 2 aliphatic heterocycles. The van der Waals surface area contributed by atoms with Crippen LogP contribution >= 0.6 is 0 Å². The molecule has 1 amide bonds. The van der Waals surface area contributed by atoms with Crippen molar-refractivity contribution in [2.45, 2.75) is 6.92 Å². The van der Waals surface area contributed by atoms with Crippen molar-refractivity contribution >= 4 is 22.7 Å². The molecule has 0 aliphatic carbocycles. The van der Waals surface area contributed by atoms with Crippen molar-refractivity contribution in [3.05, 3.63) is 70.6 Å². The van der Waals surface area contributed by atoms with Crippen molar-refractivity contribution in [3.63, 3.8) is 0 Å². The lowest BCUT2D eigenvalue weighted by molar-refractivity contribution is 0.0742. The number of carbonyl (C=O) groups excluding carboxylic acids is 1. The molecular formula is C27H24N4O6. The SMILES string of the molecule is CCOc1cccc2cc(C(=O)N3CCN(c4ccc(-c5ccc6c(c5)OCO6)nn4)CC3)c(=O)oc12. The second-order valence-corrected chi connectivity index (χ2v) is 8.68. The number of fused-ring (bicyclic) bond motifs is 2. The Kier molecular flexibility index (Phi) is 5.84. The maximum absolute atomic E-state index is 13.2. The van der Waals surface area contributed by atoms with Gasteiger partial charge in [0.05, 0.1) is 12.3 Å². The average molecular weight is 501 g/mol. The Hall–Kier alpha value is -4.60. The van der Waals surface area contributed by atoms with E-state index in [2.05, 4.69) is 15.1 Å². The summed E-state index contributed by atoms with van der Waals surface area (Å²) in [5.74, 6) is 2.28. The highest BCUT2D eigenvalue weighted by molar-refractivity contribution is 5.97. The summed E-state index contributed by atoms with van der Waals surface area (Å²) >= 11 is 0. The third-order valence-electron chi connectivity index (χ3n) is 6.46. The number of benzene rings is 2. The van der Waals surface area contributed by atoms with Crippen molar-refractivity contribution in [2.24, 2.45) is 0 Å². The lowest BCUT2D eigenvalue weighted by Gasteiger charge is -2.35. The van der Waals surface area contributed by atoms with Crippen LogP contribution in [0.1, 0.15) is 17.3 Å². The van der Waals surface area contributed by atoms with Gasteiger partial charge in [-0.25, -0.2) is 4.79 Å². The van der Waals surface area contributed by atoms with Crippen LogP contribution in [0.3, 0.4) is 0 Å². The van der Waals surface area contributed by atoms with Gasteiger partial charge in [-0.15, -0.1) is 10.2 Å². The van der Waals surface area contributed by atoms with Gasteiger partial charge in [0, 0.05) is 37.1 Å². The molecule has 0 saturated carbocycles. The van der Waals surface area contributed by atoms with Crippen molar-refractivity contribution < 1.29 is 23.4 Å². The second kappa shape index (κ2) is 9.45. The molecule has 10 nitrogen and oxygen atoms in total. The standard InChI is InChI=1S/C27H24N4O6/c1-2-34-22-5-3-4-18-14-19(27(33)37-25(18)22)26(32)31-12-10-30(11-13-31)24-9-7-20(28-29-24)17-6-8-21-23(15-17)36-16-35-21/h3-9,14-15H,2,10-13,16H2,1H3. The van der Waals surface area contributed by atoms with Crippen molar-refractivity contribution in [3.8, 4) is 28.5 Å². The van der Waals surface area contributed by atoms with E-state index >= 15 is 0 Å². The number of rotatable bonds is 5. The Morgan fingerprint density at radius 1 is 0.973 bits per heavy atom. The van der Waals surface area contributed by atoms with Gasteiger partial charge < -0.3 is 28.4 Å². The van der Waals surface area contributed by atoms with Gasteiger partial charge in [-0.1, -0.05) is 12.1 Å². The van der Waals surface area contributed by atoms with Crippen LogP contribution in [0.2, 0.25) is 0 Å². The van der Waals surface area contributed by atoms with Crippen LogP contribution in [0.5, 0.6) is 17.2 Å². The molecule has 0 spiro atoms. The quantitative estimate of drug-likeness (QED) is 0.381. The number of aromatic nitrogens is 2. The zero-order chi connectivity index (χ0) is 25.4. The summed E-state index contributed by atoms with van der Waals surface area (Å²) in [7, 11) is 0. The van der Waals surface area contributed by atoms with Gasteiger partial charge in [-0.05, 0) is 49.4 Å². The van der Waals surface area contributed by atoms with Gasteiger partial charge in [0.25, 0.3) is 5.91 Å². The Balaban J connectivity index is 1.14. The minimum Gasteiger partial charge on any atom is -0.490 e. The summed E-state index contributed by atoms with van der Waals surface area (Å²) in [4.78, 5) is 29.6. The number of para-hydroxylation sites is 1. The maximum atomic E-state index is 13.2. The number of hydrogen-bond acceptors (Lipinski definition) is 9. The zero-order valence-electron chi connectivity index (χ0n) is 20.2. The lowest BCUT2D eigenvalue weighted by atomic mass is 10.1. The van der Waals surface area contributed by atoms with Gasteiger partial charge in [0.2, 0.25) is 6.79 Å². The molecule has 2 aromatic carbocycles. The van der Waals surface area contributed by atoms with E-state index in [0.717, 1.165) is 22.8 Å². The van der Waals surface area contributed by atoms with E-state index in [4.69, 9.17) is 18.6 Å². The third kappa shape index (κ3) is 4.31. The number of amides is 1. The molecule has 2 aliphatic rings. The first-order valence-corrected chi connectivity index (χ1v) is 12.1. The van der Waals surface area contributed by atoms with Gasteiger partial charge >= 0.3 is 5.63 Å². The van der Waals surface area contributed by atoms with Gasteiger partial charge in [0.1, 0.15) is 5.56 Å². The van der Waals surface area contributed by atoms with Crippen molar-refractivity contribution in [2.75, 3.05) is 44.5 Å². The fraction of sp³-hybridized carbons (Fsp3) is 0.259. The topological polar surface area (TPSA) is 107 Å². The van der Waals surface area contributed by atoms with E-state index < -0.39 is 5.63 Å². The maximum Gasteiger partial charge on any atom is 0.349 e. The molecule has 1 saturated heterocycles. The largest absolute Gasteiger partial charge is 0.490 e. The minimum atomic E-state index is -0.669. The lowest BCUT2D eigenvalue weighted by Crippen LogP contribution is -2.49. The van der Waals surface area contributed by atoms with Crippen LogP contribution in [0.25, 0.3) is 22.2 Å². The predicted molar refractivity (Wildman–Crippen MR) is 135 cm³/mol. The molecule has 0 atom stereocenters. The van der Waals surface area contributed by atoms with Crippen LogP contribution in [0.4, 0.5) is 5.82 Å². The van der Waals surface area contributed by atoms with Gasteiger partial charge in [-0.3, -0.25) is 4.79 Å². The molecule has 10 heteroatoms. The van der Waals surface area contributed by atoms with Crippen LogP contribution in [0, 0.1) is 0 Å². The van der Waals surface area contributed by atoms with Crippen LogP contribution in [0.15, 0.2) is 63.8 Å². The Morgan fingerprint density at radius 3 is 2.59 bits per heavy atom. The molecule has 2 aromatic heterocycles. The van der Waals surface area contributed by atoms with Crippen molar-refractivity contribution in [1.82, 2.24) is 15.1 Å². The van der Waals surface area contributed by atoms with Crippen LogP contribution < -0.4 is 24.7 Å². The predicted octanol–water partition coefficient (Wildman–Crippen LogP) is 3.34. The monoisotopic (exact) mass is 500 g/mol. The van der Waals surface area contributed by atoms with E-state index in [1.54, 1.807) is 29.2 Å². The first-order chi connectivity index (χ1) is 18.1. The highest BCUT2D eigenvalue weighted by Crippen LogP contribution is 2.35. The van der Waals surface area contributed by atoms with E-state index in [1.807, 2.05) is 37.3 Å². The smallest absolute Gasteiger partial charge is 0.349 e. The molecule has 4 heterocycles. The van der Waals surface area contributed by atoms with Crippen molar-refractivity contribution in [1.29, 1.82) is 0 Å². The average Bonchev–Trinajstić information content (AvgIpc) is 3.41. The molecule has 0 radical (unpaired) electrons. The fourth-order valence-corrected chi connectivity index (χ4v) is 4.55. The normalized spacial score (nSPS) is 14.7. The molecule has 0 N–H and O–H groups in total. The Morgan fingerprint density at radius 2 is 1.81 bits per heavy atom. The molecule has 4 aromatic rings. The van der Waals surface area contributed by atoms with Crippen LogP contribution in [-0.2, 0) is 0 Å². The van der Waals surface area contributed by atoms with E-state index in [-0.39, 0.29) is 18.3 Å². The number of hydrogen-bond donors (Lipinski definition) is 0. The summed E-state index contributed by atoms with van der Waals surface area (Å²) in [6, 6.07) is 16.4. The Labute approximate surface area is 212 Å². The number of carbonyl (C=O) groups is 1. The highest BCUT2D eigenvalue weighted by atomic mass is 16.7.